The molecule has 0 saturated carbocycles. The van der Waals surface area contributed by atoms with Crippen LogP contribution in [0.15, 0.2) is 12.1 Å². The number of rotatable bonds is 4. The van der Waals surface area contributed by atoms with E-state index in [1.807, 2.05) is 6.07 Å². The molecule has 0 aliphatic carbocycles. The van der Waals surface area contributed by atoms with Gasteiger partial charge in [-0.3, -0.25) is 0 Å². The van der Waals surface area contributed by atoms with Gasteiger partial charge in [-0.15, -0.1) is 0 Å². The number of imidazole rings is 1. The Morgan fingerprint density at radius 1 is 1.50 bits per heavy atom. The van der Waals surface area contributed by atoms with E-state index in [0.29, 0.717) is 16.4 Å². The minimum Gasteiger partial charge on any atom is -0.330 e. The summed E-state index contributed by atoms with van der Waals surface area (Å²) in [5.74, 6) is 0.817. The number of hydrogen-bond acceptors (Lipinski definition) is 2. The first-order valence-corrected chi connectivity index (χ1v) is 7.78. The van der Waals surface area contributed by atoms with Gasteiger partial charge in [-0.2, -0.15) is 11.8 Å². The third-order valence-electron chi connectivity index (χ3n) is 3.19. The van der Waals surface area contributed by atoms with Gasteiger partial charge in [0.25, 0.3) is 0 Å². The Kier molecular flexibility index (Phi) is 4.12. The van der Waals surface area contributed by atoms with Gasteiger partial charge < -0.3 is 9.55 Å². The molecule has 98 valence electrons. The van der Waals surface area contributed by atoms with Crippen molar-refractivity contribution >= 4 is 35.0 Å². The number of thioether (sulfide) groups is 1. The smallest absolute Gasteiger partial charge is 0.178 e. The first kappa shape index (κ1) is 13.6. The molecule has 0 radical (unpaired) electrons. The topological polar surface area (TPSA) is 20.7 Å². The number of aryl methyl sites for hydroxylation is 1. The number of fused-ring (bicyclic) bond motifs is 1. The van der Waals surface area contributed by atoms with E-state index in [2.05, 4.69) is 22.7 Å². The van der Waals surface area contributed by atoms with E-state index in [9.17, 15) is 4.39 Å². The number of aromatic amines is 1. The van der Waals surface area contributed by atoms with Crippen LogP contribution in [0.25, 0.3) is 11.0 Å². The number of aromatic nitrogens is 2. The Labute approximate surface area is 116 Å². The van der Waals surface area contributed by atoms with Crippen molar-refractivity contribution in [1.29, 1.82) is 0 Å². The van der Waals surface area contributed by atoms with Crippen LogP contribution in [-0.4, -0.2) is 21.6 Å². The summed E-state index contributed by atoms with van der Waals surface area (Å²) in [5.41, 5.74) is 2.44. The third-order valence-corrected chi connectivity index (χ3v) is 4.21. The van der Waals surface area contributed by atoms with Gasteiger partial charge in [0.2, 0.25) is 0 Å². The molecule has 0 aliphatic rings. The van der Waals surface area contributed by atoms with Gasteiger partial charge in [0.15, 0.2) is 4.77 Å². The SMILES string of the molecule is CCC(CSC)n1c(=S)[nH]c2cc(F)c(C)cc21. The van der Waals surface area contributed by atoms with Crippen molar-refractivity contribution in [3.63, 3.8) is 0 Å². The highest BCUT2D eigenvalue weighted by Crippen LogP contribution is 2.25. The second-order valence-corrected chi connectivity index (χ2v) is 5.73. The lowest BCUT2D eigenvalue weighted by atomic mass is 10.2. The maximum absolute atomic E-state index is 13.6. The molecule has 1 atom stereocenters. The molecule has 2 nitrogen and oxygen atoms in total. The van der Waals surface area contributed by atoms with Crippen LogP contribution in [0.3, 0.4) is 0 Å². The van der Waals surface area contributed by atoms with Gasteiger partial charge in [-0.1, -0.05) is 6.92 Å². The van der Waals surface area contributed by atoms with Crippen molar-refractivity contribution in [2.45, 2.75) is 26.3 Å². The standard InChI is InChI=1S/C13H17FN2S2/c1-4-9(7-18-3)16-12-5-8(2)10(14)6-11(12)15-13(16)17/h5-6,9H,4,7H2,1-3H3,(H,15,17). The molecule has 2 rings (SSSR count). The maximum atomic E-state index is 13.6. The molecule has 1 unspecified atom stereocenters. The fourth-order valence-electron chi connectivity index (χ4n) is 2.18. The molecule has 0 saturated heterocycles. The Morgan fingerprint density at radius 2 is 2.22 bits per heavy atom. The van der Waals surface area contributed by atoms with Crippen LogP contribution < -0.4 is 0 Å². The highest BCUT2D eigenvalue weighted by atomic mass is 32.2. The lowest BCUT2D eigenvalue weighted by molar-refractivity contribution is 0.547. The molecular formula is C13H17FN2S2. The molecule has 18 heavy (non-hydrogen) atoms. The van der Waals surface area contributed by atoms with E-state index in [1.54, 1.807) is 18.7 Å². The molecule has 1 heterocycles. The summed E-state index contributed by atoms with van der Waals surface area (Å²) in [6, 6.07) is 3.76. The number of nitrogens with one attached hydrogen (secondary N) is 1. The molecular weight excluding hydrogens is 267 g/mol. The average molecular weight is 284 g/mol. The molecule has 0 amide bonds. The second-order valence-electron chi connectivity index (χ2n) is 4.44. The van der Waals surface area contributed by atoms with Gasteiger partial charge in [-0.25, -0.2) is 4.39 Å². The molecule has 1 aromatic heterocycles. The number of halogens is 1. The first-order chi connectivity index (χ1) is 8.58. The van der Waals surface area contributed by atoms with Crippen LogP contribution in [0.2, 0.25) is 0 Å². The third kappa shape index (κ3) is 2.34. The van der Waals surface area contributed by atoms with Crippen molar-refractivity contribution in [2.75, 3.05) is 12.0 Å². The Hall–Kier alpha value is -0.810. The minimum atomic E-state index is -0.191. The highest BCUT2D eigenvalue weighted by molar-refractivity contribution is 7.98. The molecule has 0 bridgehead atoms. The first-order valence-electron chi connectivity index (χ1n) is 5.97. The highest BCUT2D eigenvalue weighted by Gasteiger charge is 2.14. The normalized spacial score (nSPS) is 13.1. The van der Waals surface area contributed by atoms with Crippen molar-refractivity contribution in [1.82, 2.24) is 9.55 Å². The van der Waals surface area contributed by atoms with Crippen molar-refractivity contribution in [2.24, 2.45) is 0 Å². The van der Waals surface area contributed by atoms with Crippen LogP contribution in [0.5, 0.6) is 0 Å². The van der Waals surface area contributed by atoms with E-state index in [-0.39, 0.29) is 5.82 Å². The molecule has 1 N–H and O–H groups in total. The van der Waals surface area contributed by atoms with Crippen LogP contribution in [0.1, 0.15) is 24.9 Å². The van der Waals surface area contributed by atoms with Crippen molar-refractivity contribution in [3.8, 4) is 0 Å². The minimum absolute atomic E-state index is 0.191. The summed E-state index contributed by atoms with van der Waals surface area (Å²) in [6.07, 6.45) is 3.10. The fraction of sp³-hybridized carbons (Fsp3) is 0.462. The van der Waals surface area contributed by atoms with Gasteiger partial charge in [0.1, 0.15) is 5.82 Å². The zero-order chi connectivity index (χ0) is 13.3. The summed E-state index contributed by atoms with van der Waals surface area (Å²) < 4.78 is 16.3. The number of hydrogen-bond donors (Lipinski definition) is 1. The van der Waals surface area contributed by atoms with Crippen molar-refractivity contribution < 1.29 is 4.39 Å². The Morgan fingerprint density at radius 3 is 2.83 bits per heavy atom. The van der Waals surface area contributed by atoms with Gasteiger partial charge in [0.05, 0.1) is 11.0 Å². The Balaban J connectivity index is 2.66. The van der Waals surface area contributed by atoms with E-state index in [0.717, 1.165) is 23.2 Å². The van der Waals surface area contributed by atoms with E-state index in [4.69, 9.17) is 12.2 Å². The van der Waals surface area contributed by atoms with Crippen LogP contribution in [0, 0.1) is 17.5 Å². The largest absolute Gasteiger partial charge is 0.330 e. The van der Waals surface area contributed by atoms with Gasteiger partial charge >= 0.3 is 0 Å². The second kappa shape index (κ2) is 5.45. The van der Waals surface area contributed by atoms with Gasteiger partial charge in [-0.05, 0) is 49.5 Å². The lowest BCUT2D eigenvalue weighted by Crippen LogP contribution is -2.10. The summed E-state index contributed by atoms with van der Waals surface area (Å²) in [4.78, 5) is 3.10. The van der Waals surface area contributed by atoms with Crippen LogP contribution >= 0.6 is 24.0 Å². The Bertz CT molecular complexity index is 615. The zero-order valence-electron chi connectivity index (χ0n) is 10.8. The number of H-pyrrole nitrogens is 1. The molecule has 5 heteroatoms. The predicted molar refractivity (Wildman–Crippen MR) is 79.5 cm³/mol. The van der Waals surface area contributed by atoms with E-state index in [1.165, 1.54) is 6.07 Å². The molecule has 0 fully saturated rings. The van der Waals surface area contributed by atoms with E-state index >= 15 is 0 Å². The van der Waals surface area contributed by atoms with Crippen LogP contribution in [0.4, 0.5) is 4.39 Å². The summed E-state index contributed by atoms with van der Waals surface area (Å²) >= 11 is 7.17. The average Bonchev–Trinajstić information content (AvgIpc) is 2.63. The molecule has 0 spiro atoms. The van der Waals surface area contributed by atoms with Crippen molar-refractivity contribution in [3.05, 3.63) is 28.3 Å². The summed E-state index contributed by atoms with van der Waals surface area (Å²) in [5, 5.41) is 0. The zero-order valence-corrected chi connectivity index (χ0v) is 12.4. The maximum Gasteiger partial charge on any atom is 0.178 e. The lowest BCUT2D eigenvalue weighted by Gasteiger charge is -2.16. The molecule has 1 aromatic carbocycles. The predicted octanol–water partition coefficient (Wildman–Crippen LogP) is 4.46. The monoisotopic (exact) mass is 284 g/mol. The molecule has 2 aromatic rings. The summed E-state index contributed by atoms with van der Waals surface area (Å²) in [7, 11) is 0. The van der Waals surface area contributed by atoms with Gasteiger partial charge in [0, 0.05) is 11.8 Å². The van der Waals surface area contributed by atoms with Crippen LogP contribution in [-0.2, 0) is 0 Å². The fourth-order valence-corrected chi connectivity index (χ4v) is 3.31. The molecule has 0 aliphatic heterocycles. The summed E-state index contributed by atoms with van der Waals surface area (Å²) in [6.45, 7) is 3.93. The number of nitrogens with zero attached hydrogens (tertiary/aromatic N) is 1. The number of benzene rings is 1. The van der Waals surface area contributed by atoms with E-state index < -0.39 is 0 Å². The quantitative estimate of drug-likeness (QED) is 0.837.